The summed E-state index contributed by atoms with van der Waals surface area (Å²) >= 11 is 1.30. The molecule has 3 aromatic heterocycles. The third-order valence-electron chi connectivity index (χ3n) is 4.59. The van der Waals surface area contributed by atoms with Crippen LogP contribution in [0.4, 0.5) is 0 Å². The molecule has 138 valence electrons. The van der Waals surface area contributed by atoms with Crippen LogP contribution in [-0.2, 0) is 0 Å². The van der Waals surface area contributed by atoms with Crippen molar-refractivity contribution in [2.45, 2.75) is 25.7 Å². The van der Waals surface area contributed by atoms with E-state index in [4.69, 9.17) is 4.52 Å². The summed E-state index contributed by atoms with van der Waals surface area (Å²) in [6.45, 7) is 2.73. The highest BCUT2D eigenvalue weighted by molar-refractivity contribution is 7.12. The average molecular weight is 382 g/mol. The maximum Gasteiger partial charge on any atom is 0.276 e. The SMILES string of the molecule is CC(=O)c1cc(C(=O)N2CCCC(c3noc(-c4ccccn4)n3)C2)cs1. The molecule has 0 radical (unpaired) electrons. The Morgan fingerprint density at radius 3 is 2.96 bits per heavy atom. The lowest BCUT2D eigenvalue weighted by Crippen LogP contribution is -2.39. The molecule has 0 N–H and O–H groups in total. The fraction of sp³-hybridized carbons (Fsp3) is 0.316. The number of thiophene rings is 1. The first-order valence-corrected chi connectivity index (χ1v) is 9.63. The quantitative estimate of drug-likeness (QED) is 0.643. The average Bonchev–Trinajstić information content (AvgIpc) is 3.38. The minimum Gasteiger partial charge on any atom is -0.338 e. The minimum atomic E-state index is -0.0584. The fourth-order valence-electron chi connectivity index (χ4n) is 3.18. The smallest absolute Gasteiger partial charge is 0.276 e. The van der Waals surface area contributed by atoms with Crippen LogP contribution in [0.2, 0.25) is 0 Å². The van der Waals surface area contributed by atoms with E-state index < -0.39 is 0 Å². The molecular formula is C19H18N4O3S. The number of aromatic nitrogens is 3. The molecule has 3 aromatic rings. The second-order valence-electron chi connectivity index (χ2n) is 6.52. The van der Waals surface area contributed by atoms with Gasteiger partial charge in [0.1, 0.15) is 5.69 Å². The van der Waals surface area contributed by atoms with E-state index in [-0.39, 0.29) is 17.6 Å². The molecule has 0 aliphatic carbocycles. The van der Waals surface area contributed by atoms with Crippen molar-refractivity contribution in [3.63, 3.8) is 0 Å². The van der Waals surface area contributed by atoms with E-state index in [9.17, 15) is 9.59 Å². The maximum atomic E-state index is 12.8. The molecule has 1 fully saturated rings. The molecule has 0 saturated carbocycles. The molecule has 1 atom stereocenters. The van der Waals surface area contributed by atoms with Crippen LogP contribution in [0.3, 0.4) is 0 Å². The number of rotatable bonds is 4. The minimum absolute atomic E-state index is 0.0230. The molecule has 1 aliphatic heterocycles. The summed E-state index contributed by atoms with van der Waals surface area (Å²) in [6, 6.07) is 7.18. The number of piperidine rings is 1. The molecule has 27 heavy (non-hydrogen) atoms. The Morgan fingerprint density at radius 1 is 1.33 bits per heavy atom. The summed E-state index contributed by atoms with van der Waals surface area (Å²) in [4.78, 5) is 35.4. The Labute approximate surface area is 160 Å². The summed E-state index contributed by atoms with van der Waals surface area (Å²) in [5.74, 6) is 0.928. The van der Waals surface area contributed by atoms with Gasteiger partial charge in [-0.25, -0.2) is 0 Å². The maximum absolute atomic E-state index is 12.8. The molecule has 4 rings (SSSR count). The van der Waals surface area contributed by atoms with Gasteiger partial charge in [0.05, 0.1) is 10.4 Å². The molecule has 1 unspecified atom stereocenters. The van der Waals surface area contributed by atoms with E-state index in [1.807, 2.05) is 18.2 Å². The molecule has 1 amide bonds. The van der Waals surface area contributed by atoms with Crippen molar-refractivity contribution in [1.29, 1.82) is 0 Å². The topological polar surface area (TPSA) is 89.2 Å². The number of carbonyl (C=O) groups excluding carboxylic acids is 2. The molecular weight excluding hydrogens is 364 g/mol. The summed E-state index contributed by atoms with van der Waals surface area (Å²) in [6.07, 6.45) is 3.44. The van der Waals surface area contributed by atoms with Crippen molar-refractivity contribution in [1.82, 2.24) is 20.0 Å². The van der Waals surface area contributed by atoms with E-state index in [0.29, 0.717) is 40.9 Å². The summed E-state index contributed by atoms with van der Waals surface area (Å²) < 4.78 is 5.35. The van der Waals surface area contributed by atoms with E-state index in [1.54, 1.807) is 22.5 Å². The summed E-state index contributed by atoms with van der Waals surface area (Å²) in [7, 11) is 0. The Hall–Kier alpha value is -2.87. The van der Waals surface area contributed by atoms with Gasteiger partial charge in [-0.2, -0.15) is 4.98 Å². The van der Waals surface area contributed by atoms with Crippen molar-refractivity contribution >= 4 is 23.0 Å². The number of Topliss-reactive ketones (excluding diaryl/α,β-unsaturated/α-hetero) is 1. The van der Waals surface area contributed by atoms with Crippen molar-refractivity contribution in [2.24, 2.45) is 0 Å². The van der Waals surface area contributed by atoms with Crippen molar-refractivity contribution < 1.29 is 14.1 Å². The van der Waals surface area contributed by atoms with Crippen LogP contribution >= 0.6 is 11.3 Å². The standard InChI is InChI=1S/C19H18N4O3S/c1-12(24)16-9-14(11-27-16)19(25)23-8-4-5-13(10-23)17-21-18(26-22-17)15-6-2-3-7-20-15/h2-3,6-7,9,11,13H,4-5,8,10H2,1H3. The van der Waals surface area contributed by atoms with Gasteiger partial charge in [0.2, 0.25) is 0 Å². The second-order valence-corrected chi connectivity index (χ2v) is 7.43. The number of hydrogen-bond donors (Lipinski definition) is 0. The summed E-state index contributed by atoms with van der Waals surface area (Å²) in [5, 5.41) is 5.85. The van der Waals surface area contributed by atoms with Gasteiger partial charge in [-0.15, -0.1) is 11.3 Å². The highest BCUT2D eigenvalue weighted by atomic mass is 32.1. The largest absolute Gasteiger partial charge is 0.338 e. The van der Waals surface area contributed by atoms with Crippen molar-refractivity contribution in [3.05, 3.63) is 52.1 Å². The lowest BCUT2D eigenvalue weighted by Gasteiger charge is -2.31. The van der Waals surface area contributed by atoms with Crippen LogP contribution in [-0.4, -0.2) is 44.8 Å². The third kappa shape index (κ3) is 3.66. The fourth-order valence-corrected chi connectivity index (χ4v) is 3.97. The van der Waals surface area contributed by atoms with Gasteiger partial charge >= 0.3 is 0 Å². The van der Waals surface area contributed by atoms with Gasteiger partial charge < -0.3 is 9.42 Å². The zero-order chi connectivity index (χ0) is 18.8. The van der Waals surface area contributed by atoms with Crippen molar-refractivity contribution in [2.75, 3.05) is 13.1 Å². The molecule has 8 heteroatoms. The highest BCUT2D eigenvalue weighted by Gasteiger charge is 2.29. The monoisotopic (exact) mass is 382 g/mol. The van der Waals surface area contributed by atoms with E-state index in [0.717, 1.165) is 12.8 Å². The van der Waals surface area contributed by atoms with Gasteiger partial charge in [-0.3, -0.25) is 14.6 Å². The molecule has 7 nitrogen and oxygen atoms in total. The van der Waals surface area contributed by atoms with E-state index in [1.165, 1.54) is 18.3 Å². The Kier molecular flexibility index (Phi) is 4.81. The lowest BCUT2D eigenvalue weighted by molar-refractivity contribution is 0.0704. The second kappa shape index (κ2) is 7.40. The van der Waals surface area contributed by atoms with Gasteiger partial charge in [0, 0.05) is 30.6 Å². The van der Waals surface area contributed by atoms with Gasteiger partial charge in [0.25, 0.3) is 11.8 Å². The number of likely N-dealkylation sites (tertiary alicyclic amines) is 1. The first-order valence-electron chi connectivity index (χ1n) is 8.75. The molecule has 0 aromatic carbocycles. The van der Waals surface area contributed by atoms with Crippen LogP contribution in [0.15, 0.2) is 40.4 Å². The molecule has 0 bridgehead atoms. The molecule has 4 heterocycles. The number of pyridine rings is 1. The summed E-state index contributed by atoms with van der Waals surface area (Å²) in [5.41, 5.74) is 1.20. The number of ketones is 1. The zero-order valence-electron chi connectivity index (χ0n) is 14.8. The predicted molar refractivity (Wildman–Crippen MR) is 99.7 cm³/mol. The molecule has 0 spiro atoms. The number of carbonyl (C=O) groups is 2. The van der Waals surface area contributed by atoms with E-state index in [2.05, 4.69) is 15.1 Å². The van der Waals surface area contributed by atoms with Gasteiger partial charge in [-0.05, 0) is 38.0 Å². The van der Waals surface area contributed by atoms with Crippen molar-refractivity contribution in [3.8, 4) is 11.6 Å². The predicted octanol–water partition coefficient (Wildman–Crippen LogP) is 3.42. The lowest BCUT2D eigenvalue weighted by atomic mass is 9.97. The van der Waals surface area contributed by atoms with Gasteiger partial charge in [-0.1, -0.05) is 11.2 Å². The first-order chi connectivity index (χ1) is 13.1. The van der Waals surface area contributed by atoms with Crippen LogP contribution in [0.5, 0.6) is 0 Å². The number of nitrogens with zero attached hydrogens (tertiary/aromatic N) is 4. The number of hydrogen-bond acceptors (Lipinski definition) is 7. The third-order valence-corrected chi connectivity index (χ3v) is 5.62. The van der Waals surface area contributed by atoms with Crippen LogP contribution < -0.4 is 0 Å². The van der Waals surface area contributed by atoms with Crippen LogP contribution in [0.1, 0.15) is 51.5 Å². The first kappa shape index (κ1) is 17.5. The zero-order valence-corrected chi connectivity index (χ0v) is 15.6. The van der Waals surface area contributed by atoms with Gasteiger partial charge in [0.15, 0.2) is 11.6 Å². The van der Waals surface area contributed by atoms with E-state index >= 15 is 0 Å². The normalized spacial score (nSPS) is 17.1. The van der Waals surface area contributed by atoms with Crippen LogP contribution in [0.25, 0.3) is 11.6 Å². The Bertz CT molecular complexity index is 966. The Balaban J connectivity index is 1.49. The molecule has 1 aliphatic rings. The Morgan fingerprint density at radius 2 is 2.22 bits per heavy atom. The molecule has 1 saturated heterocycles. The highest BCUT2D eigenvalue weighted by Crippen LogP contribution is 2.28. The van der Waals surface area contributed by atoms with Crippen LogP contribution in [0, 0.1) is 0 Å². The number of amides is 1.